The molecule has 6 heteroatoms. The maximum absolute atomic E-state index is 12.3. The van der Waals surface area contributed by atoms with Crippen LogP contribution in [0.2, 0.25) is 0 Å². The lowest BCUT2D eigenvalue weighted by Crippen LogP contribution is -2.22. The Morgan fingerprint density at radius 2 is 2.05 bits per heavy atom. The molecule has 0 radical (unpaired) electrons. The molecule has 0 aliphatic rings. The zero-order valence-corrected chi connectivity index (χ0v) is 12.5. The van der Waals surface area contributed by atoms with Crippen molar-refractivity contribution < 1.29 is 9.53 Å². The van der Waals surface area contributed by atoms with Gasteiger partial charge in [0.05, 0.1) is 6.61 Å². The average molecular weight is 288 g/mol. The number of carbonyl (C=O) groups excluding carboxylic acids is 1. The number of nitrogens with zero attached hydrogens (tertiary/aromatic N) is 3. The minimum atomic E-state index is -0.466. The zero-order chi connectivity index (χ0) is 15.2. The number of benzene rings is 1. The molecular weight excluding hydrogens is 268 g/mol. The molecule has 1 atom stereocenters. The predicted octanol–water partition coefficient (Wildman–Crippen LogP) is 1.75. The molecule has 1 heterocycles. The number of carbonyl (C=O) groups is 1. The van der Waals surface area contributed by atoms with Crippen LogP contribution in [0.15, 0.2) is 30.3 Å². The van der Waals surface area contributed by atoms with Gasteiger partial charge in [-0.15, -0.1) is 10.2 Å². The largest absolute Gasteiger partial charge is 0.465 e. The molecule has 0 fully saturated rings. The average Bonchev–Trinajstić information content (AvgIpc) is 2.87. The second kappa shape index (κ2) is 6.88. The number of ether oxygens (including phenoxy) is 1. The van der Waals surface area contributed by atoms with Gasteiger partial charge in [0.2, 0.25) is 5.95 Å². The van der Waals surface area contributed by atoms with E-state index in [0.717, 1.165) is 5.56 Å². The third-order valence-electron chi connectivity index (χ3n) is 3.30. The lowest BCUT2D eigenvalue weighted by molar-refractivity contribution is -0.145. The highest BCUT2D eigenvalue weighted by atomic mass is 16.5. The maximum atomic E-state index is 12.3. The topological polar surface area (TPSA) is 69.0 Å². The van der Waals surface area contributed by atoms with Crippen LogP contribution in [0, 0.1) is 0 Å². The Hall–Kier alpha value is -2.37. The molecule has 1 N–H and O–H groups in total. The van der Waals surface area contributed by atoms with Gasteiger partial charge in [-0.1, -0.05) is 30.3 Å². The SMILES string of the molecule is CCOC(=O)C(Cc1ccccc1)c1nnc(NC)n1C. The molecule has 6 nitrogen and oxygen atoms in total. The molecule has 1 unspecified atom stereocenters. The number of rotatable bonds is 6. The van der Waals surface area contributed by atoms with Crippen molar-refractivity contribution in [3.05, 3.63) is 41.7 Å². The molecule has 0 saturated heterocycles. The van der Waals surface area contributed by atoms with E-state index in [1.165, 1.54) is 0 Å². The van der Waals surface area contributed by atoms with Crippen LogP contribution in [0.1, 0.15) is 24.2 Å². The Bertz CT molecular complexity index is 595. The van der Waals surface area contributed by atoms with E-state index < -0.39 is 5.92 Å². The summed E-state index contributed by atoms with van der Waals surface area (Å²) in [4.78, 5) is 12.3. The van der Waals surface area contributed by atoms with Crippen LogP contribution >= 0.6 is 0 Å². The molecule has 0 aliphatic carbocycles. The standard InChI is InChI=1S/C15H20N4O2/c1-4-21-14(20)12(10-11-8-6-5-7-9-11)13-17-18-15(16-2)19(13)3/h5-9,12H,4,10H2,1-3H3,(H,16,18). The summed E-state index contributed by atoms with van der Waals surface area (Å²) in [6.45, 7) is 2.15. The Kier molecular flexibility index (Phi) is 4.92. The quantitative estimate of drug-likeness (QED) is 0.820. The highest BCUT2D eigenvalue weighted by Crippen LogP contribution is 2.22. The molecule has 2 aromatic rings. The minimum absolute atomic E-state index is 0.278. The van der Waals surface area contributed by atoms with Gasteiger partial charge >= 0.3 is 5.97 Å². The molecule has 0 bridgehead atoms. The van der Waals surface area contributed by atoms with Crippen LogP contribution in [0.5, 0.6) is 0 Å². The normalized spacial score (nSPS) is 12.0. The van der Waals surface area contributed by atoms with Crippen molar-refractivity contribution >= 4 is 11.9 Å². The van der Waals surface area contributed by atoms with Crippen molar-refractivity contribution in [2.45, 2.75) is 19.3 Å². The fourth-order valence-electron chi connectivity index (χ4n) is 2.24. The Morgan fingerprint density at radius 3 is 2.62 bits per heavy atom. The van der Waals surface area contributed by atoms with E-state index in [9.17, 15) is 4.79 Å². The van der Waals surface area contributed by atoms with Crippen LogP contribution < -0.4 is 5.32 Å². The van der Waals surface area contributed by atoms with Crippen molar-refractivity contribution in [2.24, 2.45) is 7.05 Å². The van der Waals surface area contributed by atoms with E-state index in [4.69, 9.17) is 4.74 Å². The highest BCUT2D eigenvalue weighted by molar-refractivity contribution is 5.77. The smallest absolute Gasteiger partial charge is 0.317 e. The first-order valence-corrected chi connectivity index (χ1v) is 6.95. The lowest BCUT2D eigenvalue weighted by atomic mass is 9.98. The second-order valence-electron chi connectivity index (χ2n) is 4.69. The van der Waals surface area contributed by atoms with Gasteiger partial charge in [-0.05, 0) is 18.9 Å². The van der Waals surface area contributed by atoms with Crippen LogP contribution in [-0.4, -0.2) is 34.4 Å². The number of esters is 1. The summed E-state index contributed by atoms with van der Waals surface area (Å²) in [5, 5.41) is 11.1. The van der Waals surface area contributed by atoms with Crippen LogP contribution in [0.3, 0.4) is 0 Å². The summed E-state index contributed by atoms with van der Waals surface area (Å²) < 4.78 is 6.97. The highest BCUT2D eigenvalue weighted by Gasteiger charge is 2.28. The first kappa shape index (κ1) is 15.0. The van der Waals surface area contributed by atoms with Crippen molar-refractivity contribution in [3.8, 4) is 0 Å². The van der Waals surface area contributed by atoms with Crippen LogP contribution in [0.4, 0.5) is 5.95 Å². The molecule has 112 valence electrons. The van der Waals surface area contributed by atoms with Crippen molar-refractivity contribution in [2.75, 3.05) is 19.0 Å². The monoisotopic (exact) mass is 288 g/mol. The van der Waals surface area contributed by atoms with Gasteiger partial charge in [0.25, 0.3) is 0 Å². The summed E-state index contributed by atoms with van der Waals surface area (Å²) >= 11 is 0. The molecule has 1 aromatic carbocycles. The fraction of sp³-hybridized carbons (Fsp3) is 0.400. The molecule has 0 amide bonds. The molecular formula is C15H20N4O2. The van der Waals surface area contributed by atoms with Crippen LogP contribution in [0.25, 0.3) is 0 Å². The van der Waals surface area contributed by atoms with Gasteiger partial charge < -0.3 is 10.1 Å². The maximum Gasteiger partial charge on any atom is 0.317 e. The number of hydrogen-bond donors (Lipinski definition) is 1. The van der Waals surface area contributed by atoms with Crippen molar-refractivity contribution in [1.82, 2.24) is 14.8 Å². The molecule has 1 aromatic heterocycles. The van der Waals surface area contributed by atoms with E-state index in [1.54, 1.807) is 18.5 Å². The summed E-state index contributed by atoms with van der Waals surface area (Å²) in [6.07, 6.45) is 0.537. The number of nitrogens with one attached hydrogen (secondary N) is 1. The second-order valence-corrected chi connectivity index (χ2v) is 4.69. The molecule has 0 spiro atoms. The van der Waals surface area contributed by atoms with E-state index in [1.807, 2.05) is 37.4 Å². The predicted molar refractivity (Wildman–Crippen MR) is 80.1 cm³/mol. The summed E-state index contributed by atoms with van der Waals surface area (Å²) in [5.74, 6) is 0.473. The zero-order valence-electron chi connectivity index (χ0n) is 12.5. The van der Waals surface area contributed by atoms with E-state index in [0.29, 0.717) is 24.8 Å². The van der Waals surface area contributed by atoms with Gasteiger partial charge in [-0.2, -0.15) is 0 Å². The van der Waals surface area contributed by atoms with Gasteiger partial charge in [0.1, 0.15) is 11.7 Å². The Morgan fingerprint density at radius 1 is 1.33 bits per heavy atom. The van der Waals surface area contributed by atoms with E-state index >= 15 is 0 Å². The van der Waals surface area contributed by atoms with Crippen molar-refractivity contribution in [1.29, 1.82) is 0 Å². The summed E-state index contributed by atoms with van der Waals surface area (Å²) in [7, 11) is 3.60. The van der Waals surface area contributed by atoms with Gasteiger partial charge in [0, 0.05) is 14.1 Å². The molecule has 2 rings (SSSR count). The number of hydrogen-bond acceptors (Lipinski definition) is 5. The summed E-state index contributed by atoms with van der Waals surface area (Å²) in [6, 6.07) is 9.83. The van der Waals surface area contributed by atoms with Crippen molar-refractivity contribution in [3.63, 3.8) is 0 Å². The number of anilines is 1. The molecule has 0 aliphatic heterocycles. The first-order valence-electron chi connectivity index (χ1n) is 6.95. The molecule has 0 saturated carbocycles. The third kappa shape index (κ3) is 3.39. The van der Waals surface area contributed by atoms with Gasteiger partial charge in [0.15, 0.2) is 0 Å². The van der Waals surface area contributed by atoms with Gasteiger partial charge in [-0.25, -0.2) is 0 Å². The number of aromatic nitrogens is 3. The first-order chi connectivity index (χ1) is 10.2. The Balaban J connectivity index is 2.31. The van der Waals surface area contributed by atoms with E-state index in [-0.39, 0.29) is 5.97 Å². The lowest BCUT2D eigenvalue weighted by Gasteiger charge is -2.15. The Labute approximate surface area is 124 Å². The minimum Gasteiger partial charge on any atom is -0.465 e. The molecule has 21 heavy (non-hydrogen) atoms. The van der Waals surface area contributed by atoms with E-state index in [2.05, 4.69) is 15.5 Å². The summed E-state index contributed by atoms with van der Waals surface area (Å²) in [5.41, 5.74) is 1.06. The third-order valence-corrected chi connectivity index (χ3v) is 3.30. The van der Waals surface area contributed by atoms with Gasteiger partial charge in [-0.3, -0.25) is 9.36 Å². The fourth-order valence-corrected chi connectivity index (χ4v) is 2.24. The van der Waals surface area contributed by atoms with Crippen LogP contribution in [-0.2, 0) is 23.0 Å².